The Morgan fingerprint density at radius 1 is 1.09 bits per heavy atom. The van der Waals surface area contributed by atoms with Gasteiger partial charge >= 0.3 is 6.36 Å². The van der Waals surface area contributed by atoms with Crippen LogP contribution in [0.2, 0.25) is 0 Å². The molecule has 5 rings (SSSR count). The number of nitrogens with one attached hydrogen (secondary N) is 3. The number of rotatable bonds is 9. The molecule has 3 heterocycles. The normalized spacial score (nSPS) is 20.4. The zero-order chi connectivity index (χ0) is 31.8. The van der Waals surface area contributed by atoms with Gasteiger partial charge in [0.25, 0.3) is 0 Å². The number of carbonyl (C=O) groups is 1. The Bertz CT molecular complexity index is 1660. The number of benzene rings is 1. The second-order valence-electron chi connectivity index (χ2n) is 10.6. The van der Waals surface area contributed by atoms with Crippen molar-refractivity contribution in [3.05, 3.63) is 53.5 Å². The number of nitrogens with zero attached hydrogens (tertiary/aromatic N) is 4. The average Bonchev–Trinajstić information content (AvgIpc) is 3.50. The summed E-state index contributed by atoms with van der Waals surface area (Å²) in [5, 5.41) is 31.3. The van der Waals surface area contributed by atoms with E-state index >= 15 is 0 Å². The summed E-state index contributed by atoms with van der Waals surface area (Å²) in [7, 11) is 0. The van der Waals surface area contributed by atoms with Gasteiger partial charge in [0.15, 0.2) is 0 Å². The zero-order valence-electron chi connectivity index (χ0n) is 24.7. The van der Waals surface area contributed by atoms with E-state index in [1.807, 2.05) is 13.0 Å². The van der Waals surface area contributed by atoms with Crippen LogP contribution in [0, 0.1) is 19.8 Å². The molecule has 5 N–H and O–H groups in total. The molecule has 1 aliphatic carbocycles. The highest BCUT2D eigenvalue weighted by atomic mass is 35.5. The summed E-state index contributed by atoms with van der Waals surface area (Å²) in [4.78, 5) is 31.0. The summed E-state index contributed by atoms with van der Waals surface area (Å²) in [5.41, 5.74) is 3.30. The van der Waals surface area contributed by atoms with Crippen molar-refractivity contribution in [1.29, 1.82) is 0 Å². The van der Waals surface area contributed by atoms with Crippen LogP contribution in [0.4, 0.5) is 24.9 Å². The molecule has 0 bridgehead atoms. The van der Waals surface area contributed by atoms with Gasteiger partial charge in [-0.1, -0.05) is 12.1 Å². The second kappa shape index (κ2) is 13.7. The summed E-state index contributed by atoms with van der Waals surface area (Å²) in [6, 6.07) is 6.21. The lowest BCUT2D eigenvalue weighted by Crippen LogP contribution is -2.39. The molecular weight excluding hydrogens is 635 g/mol. The third-order valence-electron chi connectivity index (χ3n) is 7.45. The SMILES string of the molecule is CCNC(=O)[C@H]1C[C@@H](Nc2nc(N[C@H](C)c3ccc(OC(F)(F)F)cc3)nc(C)c2-c2nc3c(C)nccc3s2)[C@H](O)[C@@H]1O.Cl. The lowest BCUT2D eigenvalue weighted by molar-refractivity contribution is -0.274. The van der Waals surface area contributed by atoms with E-state index in [9.17, 15) is 28.2 Å². The molecule has 11 nitrogen and oxygen atoms in total. The molecule has 4 aromatic rings. The molecule has 3 aromatic heterocycles. The Morgan fingerprint density at radius 2 is 1.80 bits per heavy atom. The number of carbonyl (C=O) groups excluding carboxylic acids is 1. The van der Waals surface area contributed by atoms with Crippen LogP contribution < -0.4 is 20.7 Å². The molecule has 45 heavy (non-hydrogen) atoms. The highest BCUT2D eigenvalue weighted by Gasteiger charge is 2.45. The Hall–Kier alpha value is -3.79. The first-order valence-electron chi connectivity index (χ1n) is 14.0. The fourth-order valence-electron chi connectivity index (χ4n) is 5.24. The summed E-state index contributed by atoms with van der Waals surface area (Å²) in [6.45, 7) is 7.62. The van der Waals surface area contributed by atoms with Gasteiger partial charge in [0, 0.05) is 12.7 Å². The standard InChI is InChI=1S/C29H32F3N7O4S.ClH/c1-5-33-26(42)18-12-19(24(41)23(18)40)37-25-21(27-38-22-15(4)34-11-10-20(22)44-27)14(3)36-28(39-25)35-13(2)16-6-8-17(9-7-16)43-29(30,31)32;/h6-11,13,18-19,23-24,40-41H,5,12H2,1-4H3,(H,33,42)(H2,35,36,37,39);1H/t13-,18+,19-,23-,24+;/m1./s1. The number of fused-ring (bicyclic) bond motifs is 1. The zero-order valence-corrected chi connectivity index (χ0v) is 26.3. The predicted molar refractivity (Wildman–Crippen MR) is 167 cm³/mol. The van der Waals surface area contributed by atoms with Gasteiger partial charge < -0.3 is 30.9 Å². The molecule has 242 valence electrons. The number of hydrogen-bond acceptors (Lipinski definition) is 11. The number of pyridine rings is 1. The Morgan fingerprint density at radius 3 is 2.44 bits per heavy atom. The van der Waals surface area contributed by atoms with Crippen molar-refractivity contribution < 1.29 is 32.9 Å². The lowest BCUT2D eigenvalue weighted by Gasteiger charge is -2.22. The van der Waals surface area contributed by atoms with E-state index in [1.54, 1.807) is 27.0 Å². The first-order valence-corrected chi connectivity index (χ1v) is 14.8. The van der Waals surface area contributed by atoms with E-state index in [0.29, 0.717) is 34.2 Å². The van der Waals surface area contributed by atoms with Crippen LogP contribution >= 0.6 is 23.7 Å². The number of thiazole rings is 1. The van der Waals surface area contributed by atoms with Crippen molar-refractivity contribution in [2.75, 3.05) is 17.2 Å². The first-order chi connectivity index (χ1) is 20.8. The van der Waals surface area contributed by atoms with Crippen LogP contribution in [0.5, 0.6) is 5.75 Å². The number of anilines is 2. The third-order valence-corrected chi connectivity index (χ3v) is 8.48. The number of aliphatic hydroxyl groups excluding tert-OH is 2. The molecule has 1 aromatic carbocycles. The van der Waals surface area contributed by atoms with Crippen LogP contribution in [-0.2, 0) is 4.79 Å². The lowest BCUT2D eigenvalue weighted by atomic mass is 10.0. The number of amides is 1. The van der Waals surface area contributed by atoms with Gasteiger partial charge in [0.05, 0.1) is 45.8 Å². The fourth-order valence-corrected chi connectivity index (χ4v) is 6.35. The van der Waals surface area contributed by atoms with Crippen LogP contribution in [0.25, 0.3) is 20.8 Å². The molecule has 5 atom stereocenters. The van der Waals surface area contributed by atoms with Crippen molar-refractivity contribution in [2.45, 2.75) is 64.8 Å². The predicted octanol–water partition coefficient (Wildman–Crippen LogP) is 4.92. The highest BCUT2D eigenvalue weighted by molar-refractivity contribution is 7.21. The number of aromatic nitrogens is 4. The minimum absolute atomic E-state index is 0. The Balaban J connectivity index is 0.00000461. The number of aliphatic hydroxyl groups is 2. The molecule has 1 fully saturated rings. The summed E-state index contributed by atoms with van der Waals surface area (Å²) < 4.78 is 42.6. The molecule has 0 spiro atoms. The molecular formula is C29H33ClF3N7O4S. The molecule has 0 unspecified atom stereocenters. The van der Waals surface area contributed by atoms with Gasteiger partial charge in [-0.25, -0.2) is 9.97 Å². The Kier molecular flexibility index (Phi) is 10.4. The van der Waals surface area contributed by atoms with Crippen LogP contribution in [0.15, 0.2) is 36.5 Å². The maximum atomic E-state index is 12.6. The van der Waals surface area contributed by atoms with E-state index in [-0.39, 0.29) is 36.4 Å². The van der Waals surface area contributed by atoms with Gasteiger partial charge in [0.2, 0.25) is 11.9 Å². The largest absolute Gasteiger partial charge is 0.573 e. The van der Waals surface area contributed by atoms with E-state index in [0.717, 1.165) is 15.9 Å². The maximum absolute atomic E-state index is 12.6. The van der Waals surface area contributed by atoms with Crippen LogP contribution in [0.1, 0.15) is 43.3 Å². The van der Waals surface area contributed by atoms with Gasteiger partial charge in [-0.05, 0) is 57.9 Å². The van der Waals surface area contributed by atoms with E-state index in [4.69, 9.17) is 9.97 Å². The molecule has 1 amide bonds. The third kappa shape index (κ3) is 7.54. The Labute approximate surface area is 267 Å². The number of halogens is 4. The fraction of sp³-hybridized carbons (Fsp3) is 0.414. The molecule has 0 saturated heterocycles. The second-order valence-corrected chi connectivity index (χ2v) is 11.6. The van der Waals surface area contributed by atoms with Crippen LogP contribution in [-0.4, -0.2) is 67.2 Å². The summed E-state index contributed by atoms with van der Waals surface area (Å²) >= 11 is 1.43. The van der Waals surface area contributed by atoms with E-state index in [2.05, 4.69) is 30.7 Å². The first kappa shape index (κ1) is 34.1. The summed E-state index contributed by atoms with van der Waals surface area (Å²) in [5.74, 6) is -0.949. The quantitative estimate of drug-likeness (QED) is 0.166. The molecule has 0 radical (unpaired) electrons. The minimum Gasteiger partial charge on any atom is -0.406 e. The van der Waals surface area contributed by atoms with Crippen molar-refractivity contribution >= 4 is 51.6 Å². The number of ether oxygens (including phenoxy) is 1. The van der Waals surface area contributed by atoms with E-state index < -0.39 is 36.6 Å². The van der Waals surface area contributed by atoms with Crippen molar-refractivity contribution in [1.82, 2.24) is 25.3 Å². The molecule has 16 heteroatoms. The van der Waals surface area contributed by atoms with Gasteiger partial charge in [-0.2, -0.15) is 4.98 Å². The topological polar surface area (TPSA) is 154 Å². The van der Waals surface area contributed by atoms with Gasteiger partial charge in [-0.15, -0.1) is 36.9 Å². The van der Waals surface area contributed by atoms with Crippen molar-refractivity contribution in [2.24, 2.45) is 5.92 Å². The van der Waals surface area contributed by atoms with E-state index in [1.165, 1.54) is 35.6 Å². The van der Waals surface area contributed by atoms with Crippen molar-refractivity contribution in [3.8, 4) is 16.3 Å². The average molecular weight is 668 g/mol. The summed E-state index contributed by atoms with van der Waals surface area (Å²) in [6.07, 6.45) is -5.45. The monoisotopic (exact) mass is 667 g/mol. The van der Waals surface area contributed by atoms with Crippen LogP contribution in [0.3, 0.4) is 0 Å². The molecule has 1 saturated carbocycles. The highest BCUT2D eigenvalue weighted by Crippen LogP contribution is 2.39. The molecule has 0 aliphatic heterocycles. The number of aryl methyl sites for hydroxylation is 2. The van der Waals surface area contributed by atoms with Crippen molar-refractivity contribution in [3.63, 3.8) is 0 Å². The number of alkyl halides is 3. The maximum Gasteiger partial charge on any atom is 0.573 e. The van der Waals surface area contributed by atoms with Gasteiger partial charge in [-0.3, -0.25) is 9.78 Å². The number of hydrogen-bond donors (Lipinski definition) is 5. The smallest absolute Gasteiger partial charge is 0.406 e. The molecule has 1 aliphatic rings. The van der Waals surface area contributed by atoms with Gasteiger partial charge in [0.1, 0.15) is 28.2 Å². The minimum atomic E-state index is -4.79.